The Morgan fingerprint density at radius 2 is 2.13 bits per heavy atom. The van der Waals surface area contributed by atoms with Gasteiger partial charge in [0.1, 0.15) is 0 Å². The summed E-state index contributed by atoms with van der Waals surface area (Å²) >= 11 is 0. The lowest BCUT2D eigenvalue weighted by molar-refractivity contribution is -0.126. The Morgan fingerprint density at radius 1 is 1.47 bits per heavy atom. The quantitative estimate of drug-likeness (QED) is 0.742. The van der Waals surface area contributed by atoms with Gasteiger partial charge >= 0.3 is 0 Å². The summed E-state index contributed by atoms with van der Waals surface area (Å²) in [7, 11) is 0. The van der Waals surface area contributed by atoms with Gasteiger partial charge in [-0.3, -0.25) is 4.79 Å². The fraction of sp³-hybridized carbons (Fsp3) is 0.917. The highest BCUT2D eigenvalue weighted by atomic mass is 16.1. The van der Waals surface area contributed by atoms with Crippen LogP contribution in [0.15, 0.2) is 0 Å². The Morgan fingerprint density at radius 3 is 2.60 bits per heavy atom. The van der Waals surface area contributed by atoms with Crippen LogP contribution in [0.3, 0.4) is 0 Å². The van der Waals surface area contributed by atoms with Crippen LogP contribution >= 0.6 is 0 Å². The van der Waals surface area contributed by atoms with E-state index in [0.717, 1.165) is 6.42 Å². The largest absolute Gasteiger partial charge is 0.355 e. The molecule has 88 valence electrons. The average Bonchev–Trinajstić information content (AvgIpc) is 2.61. The van der Waals surface area contributed by atoms with Gasteiger partial charge in [0.25, 0.3) is 0 Å². The van der Waals surface area contributed by atoms with E-state index in [1.165, 1.54) is 12.8 Å². The van der Waals surface area contributed by atoms with Crippen LogP contribution in [0, 0.1) is 17.3 Å². The molecule has 3 nitrogen and oxygen atoms in total. The second kappa shape index (κ2) is 4.97. The lowest BCUT2D eigenvalue weighted by Gasteiger charge is -2.24. The Bertz CT molecular complexity index is 226. The van der Waals surface area contributed by atoms with Crippen molar-refractivity contribution in [2.45, 2.75) is 40.0 Å². The third kappa shape index (κ3) is 3.49. The van der Waals surface area contributed by atoms with Crippen LogP contribution in [0.1, 0.15) is 40.0 Å². The van der Waals surface area contributed by atoms with E-state index in [2.05, 4.69) is 26.1 Å². The molecule has 1 aliphatic carbocycles. The van der Waals surface area contributed by atoms with Gasteiger partial charge in [0, 0.05) is 12.5 Å². The van der Waals surface area contributed by atoms with Crippen molar-refractivity contribution in [1.82, 2.24) is 5.32 Å². The summed E-state index contributed by atoms with van der Waals surface area (Å²) in [6.07, 6.45) is 3.44. The second-order valence-electron chi connectivity index (χ2n) is 5.60. The van der Waals surface area contributed by atoms with Crippen LogP contribution < -0.4 is 11.1 Å². The summed E-state index contributed by atoms with van der Waals surface area (Å²) < 4.78 is 0. The van der Waals surface area contributed by atoms with Crippen molar-refractivity contribution >= 4 is 5.91 Å². The van der Waals surface area contributed by atoms with E-state index in [9.17, 15) is 4.79 Å². The standard InChI is InChI=1S/C12H24N2O/c1-9-5-4-6-10(9)11(15)14-8-12(2,3)7-13/h9-10H,4-8,13H2,1-3H3,(H,14,15). The Kier molecular flexibility index (Phi) is 4.14. The molecule has 0 saturated heterocycles. The molecule has 0 aromatic rings. The number of nitrogens with two attached hydrogens (primary N) is 1. The lowest BCUT2D eigenvalue weighted by Crippen LogP contribution is -2.41. The minimum Gasteiger partial charge on any atom is -0.355 e. The van der Waals surface area contributed by atoms with Gasteiger partial charge in [-0.2, -0.15) is 0 Å². The fourth-order valence-corrected chi connectivity index (χ4v) is 2.06. The number of carbonyl (C=O) groups excluding carboxylic acids is 1. The zero-order valence-electron chi connectivity index (χ0n) is 10.2. The molecule has 1 fully saturated rings. The van der Waals surface area contributed by atoms with Crippen LogP contribution in [0.4, 0.5) is 0 Å². The predicted octanol–water partition coefficient (Wildman–Crippen LogP) is 1.52. The van der Waals surface area contributed by atoms with Crippen molar-refractivity contribution in [3.63, 3.8) is 0 Å². The molecule has 0 aromatic heterocycles. The molecule has 0 radical (unpaired) electrons. The molecule has 2 atom stereocenters. The summed E-state index contributed by atoms with van der Waals surface area (Å²) in [6, 6.07) is 0. The molecule has 0 heterocycles. The van der Waals surface area contributed by atoms with Gasteiger partial charge in [0.05, 0.1) is 0 Å². The van der Waals surface area contributed by atoms with Gasteiger partial charge in [-0.25, -0.2) is 0 Å². The van der Waals surface area contributed by atoms with E-state index in [4.69, 9.17) is 5.73 Å². The van der Waals surface area contributed by atoms with Crippen molar-refractivity contribution < 1.29 is 4.79 Å². The molecule has 2 unspecified atom stereocenters. The van der Waals surface area contributed by atoms with Gasteiger partial charge < -0.3 is 11.1 Å². The summed E-state index contributed by atoms with van der Waals surface area (Å²) in [5.74, 6) is 1.01. The number of hydrogen-bond acceptors (Lipinski definition) is 2. The van der Waals surface area contributed by atoms with Gasteiger partial charge in [0.15, 0.2) is 0 Å². The third-order valence-electron chi connectivity index (χ3n) is 3.49. The molecule has 3 N–H and O–H groups in total. The zero-order valence-corrected chi connectivity index (χ0v) is 10.2. The highest BCUT2D eigenvalue weighted by Gasteiger charge is 2.30. The smallest absolute Gasteiger partial charge is 0.223 e. The maximum absolute atomic E-state index is 11.9. The molecule has 0 bridgehead atoms. The van der Waals surface area contributed by atoms with Gasteiger partial charge in [-0.1, -0.05) is 27.2 Å². The molecule has 15 heavy (non-hydrogen) atoms. The molecule has 3 heteroatoms. The SMILES string of the molecule is CC1CCCC1C(=O)NCC(C)(C)CN. The van der Waals surface area contributed by atoms with Crippen molar-refractivity contribution in [2.75, 3.05) is 13.1 Å². The molecule has 1 rings (SSSR count). The molecule has 0 aromatic carbocycles. The first kappa shape index (κ1) is 12.5. The lowest BCUT2D eigenvalue weighted by atomic mass is 9.92. The summed E-state index contributed by atoms with van der Waals surface area (Å²) in [6.45, 7) is 7.61. The average molecular weight is 212 g/mol. The maximum atomic E-state index is 11.9. The topological polar surface area (TPSA) is 55.1 Å². The molecular formula is C12H24N2O. The first-order valence-corrected chi connectivity index (χ1v) is 5.94. The number of rotatable bonds is 4. The summed E-state index contributed by atoms with van der Waals surface area (Å²) in [4.78, 5) is 11.9. The third-order valence-corrected chi connectivity index (χ3v) is 3.49. The second-order valence-corrected chi connectivity index (χ2v) is 5.60. The van der Waals surface area contributed by atoms with Gasteiger partial charge in [-0.05, 0) is 30.7 Å². The zero-order chi connectivity index (χ0) is 11.5. The van der Waals surface area contributed by atoms with E-state index in [0.29, 0.717) is 19.0 Å². The molecule has 1 saturated carbocycles. The number of nitrogens with one attached hydrogen (secondary N) is 1. The highest BCUT2D eigenvalue weighted by molar-refractivity contribution is 5.79. The number of amides is 1. The van der Waals surface area contributed by atoms with E-state index < -0.39 is 0 Å². The summed E-state index contributed by atoms with van der Waals surface area (Å²) in [5.41, 5.74) is 5.63. The Balaban J connectivity index is 2.36. The Hall–Kier alpha value is -0.570. The van der Waals surface area contributed by atoms with Crippen LogP contribution in [-0.2, 0) is 4.79 Å². The maximum Gasteiger partial charge on any atom is 0.223 e. The normalized spacial score (nSPS) is 26.7. The highest BCUT2D eigenvalue weighted by Crippen LogP contribution is 2.31. The monoisotopic (exact) mass is 212 g/mol. The minimum absolute atomic E-state index is 0.0114. The molecule has 0 spiro atoms. The molecule has 1 amide bonds. The van der Waals surface area contributed by atoms with Crippen LogP contribution in [-0.4, -0.2) is 19.0 Å². The molecule has 0 aliphatic heterocycles. The van der Waals surface area contributed by atoms with Crippen LogP contribution in [0.25, 0.3) is 0 Å². The van der Waals surface area contributed by atoms with Gasteiger partial charge in [0.2, 0.25) is 5.91 Å². The van der Waals surface area contributed by atoms with Crippen molar-refractivity contribution in [1.29, 1.82) is 0 Å². The minimum atomic E-state index is 0.0114. The van der Waals surface area contributed by atoms with E-state index >= 15 is 0 Å². The summed E-state index contributed by atoms with van der Waals surface area (Å²) in [5, 5.41) is 3.03. The van der Waals surface area contributed by atoms with Crippen LogP contribution in [0.5, 0.6) is 0 Å². The fourth-order valence-electron chi connectivity index (χ4n) is 2.06. The first-order valence-electron chi connectivity index (χ1n) is 5.94. The van der Waals surface area contributed by atoms with E-state index in [1.807, 2.05) is 0 Å². The van der Waals surface area contributed by atoms with Crippen molar-refractivity contribution in [3.8, 4) is 0 Å². The van der Waals surface area contributed by atoms with E-state index in [1.54, 1.807) is 0 Å². The first-order chi connectivity index (χ1) is 6.96. The molecule has 1 aliphatic rings. The van der Waals surface area contributed by atoms with Crippen molar-refractivity contribution in [2.24, 2.45) is 23.0 Å². The number of hydrogen-bond donors (Lipinski definition) is 2. The van der Waals surface area contributed by atoms with Crippen LogP contribution in [0.2, 0.25) is 0 Å². The number of carbonyl (C=O) groups is 1. The molecular weight excluding hydrogens is 188 g/mol. The Labute approximate surface area is 92.8 Å². The van der Waals surface area contributed by atoms with E-state index in [-0.39, 0.29) is 17.2 Å². The van der Waals surface area contributed by atoms with Crippen molar-refractivity contribution in [3.05, 3.63) is 0 Å². The van der Waals surface area contributed by atoms with Gasteiger partial charge in [-0.15, -0.1) is 0 Å². The predicted molar refractivity (Wildman–Crippen MR) is 62.4 cm³/mol.